The fraction of sp³-hybridized carbons (Fsp3) is 0.476. The third kappa shape index (κ3) is 5.12. The summed E-state index contributed by atoms with van der Waals surface area (Å²) >= 11 is 1.54. The third-order valence-electron chi connectivity index (χ3n) is 5.33. The Morgan fingerprint density at radius 2 is 2.00 bits per heavy atom. The largest absolute Gasteiger partial charge is 0.497 e. The van der Waals surface area contributed by atoms with Crippen LogP contribution in [0.2, 0.25) is 0 Å². The minimum absolute atomic E-state index is 0.161. The molecule has 1 aromatic carbocycles. The van der Waals surface area contributed by atoms with Crippen molar-refractivity contribution < 1.29 is 14.3 Å². The van der Waals surface area contributed by atoms with Gasteiger partial charge in [-0.1, -0.05) is 6.07 Å². The first-order valence-corrected chi connectivity index (χ1v) is 11.0. The zero-order valence-corrected chi connectivity index (χ0v) is 17.4. The average Bonchev–Trinajstić information content (AvgIpc) is 2.75. The predicted molar refractivity (Wildman–Crippen MR) is 113 cm³/mol. The summed E-state index contributed by atoms with van der Waals surface area (Å²) in [5, 5.41) is 0. The molecular weight excluding hydrogens is 388 g/mol. The Morgan fingerprint density at radius 1 is 1.17 bits per heavy atom. The summed E-state index contributed by atoms with van der Waals surface area (Å²) in [6.07, 6.45) is 5.30. The number of hydrogen-bond acceptors (Lipinski definition) is 7. The Morgan fingerprint density at radius 3 is 2.72 bits per heavy atom. The Labute approximate surface area is 175 Å². The molecule has 0 unspecified atom stereocenters. The van der Waals surface area contributed by atoms with Crippen LogP contribution in [0.15, 0.2) is 41.6 Å². The summed E-state index contributed by atoms with van der Waals surface area (Å²) in [5.74, 6) is 2.91. The van der Waals surface area contributed by atoms with Gasteiger partial charge in [-0.25, -0.2) is 9.97 Å². The summed E-state index contributed by atoms with van der Waals surface area (Å²) in [4.78, 5) is 26.4. The van der Waals surface area contributed by atoms with Crippen LogP contribution in [-0.2, 0) is 4.79 Å². The lowest BCUT2D eigenvalue weighted by molar-refractivity contribution is -0.128. The van der Waals surface area contributed by atoms with Gasteiger partial charge in [0.2, 0.25) is 11.8 Å². The molecule has 4 rings (SSSR count). The molecule has 1 saturated carbocycles. The van der Waals surface area contributed by atoms with E-state index in [-0.39, 0.29) is 5.91 Å². The lowest BCUT2D eigenvalue weighted by Crippen LogP contribution is -2.49. The van der Waals surface area contributed by atoms with Gasteiger partial charge < -0.3 is 19.3 Å². The maximum Gasteiger partial charge on any atom is 0.233 e. The summed E-state index contributed by atoms with van der Waals surface area (Å²) in [6, 6.07) is 9.70. The second-order valence-electron chi connectivity index (χ2n) is 7.22. The van der Waals surface area contributed by atoms with Crippen LogP contribution in [0.5, 0.6) is 11.6 Å². The monoisotopic (exact) mass is 414 g/mol. The number of benzene rings is 1. The molecule has 1 aromatic heterocycles. The number of aromatic nitrogens is 2. The standard InChI is InChI=1S/C21H26N4O3S/c1-27-17-6-3-7-18(12-17)29-14-21(26)25-10-8-24(9-11-25)19-13-20(23-15-22-19)28-16-4-2-5-16/h3,6-7,12-13,15-16H,2,4-5,8-11,14H2,1H3. The normalized spacial score (nSPS) is 17.0. The van der Waals surface area contributed by atoms with E-state index in [1.165, 1.54) is 6.42 Å². The van der Waals surface area contributed by atoms with E-state index in [4.69, 9.17) is 9.47 Å². The Bertz CT molecular complexity index is 838. The SMILES string of the molecule is COc1cccc(SCC(=O)N2CCN(c3cc(OC4CCC4)ncn3)CC2)c1. The number of rotatable bonds is 7. The average molecular weight is 415 g/mol. The molecule has 2 aliphatic rings. The Kier molecular flexibility index (Phi) is 6.39. The van der Waals surface area contributed by atoms with E-state index in [1.807, 2.05) is 35.2 Å². The van der Waals surface area contributed by atoms with E-state index in [0.717, 1.165) is 42.4 Å². The number of carbonyl (C=O) groups excluding carboxylic acids is 1. The van der Waals surface area contributed by atoms with Gasteiger partial charge in [0.05, 0.1) is 12.9 Å². The highest BCUT2D eigenvalue weighted by molar-refractivity contribution is 8.00. The first kappa shape index (κ1) is 19.8. The van der Waals surface area contributed by atoms with Crippen LogP contribution in [-0.4, -0.2) is 65.9 Å². The zero-order chi connectivity index (χ0) is 20.1. The molecule has 154 valence electrons. The van der Waals surface area contributed by atoms with Gasteiger partial charge in [0, 0.05) is 37.1 Å². The van der Waals surface area contributed by atoms with E-state index >= 15 is 0 Å². The molecule has 2 heterocycles. The van der Waals surface area contributed by atoms with Crippen molar-refractivity contribution in [2.24, 2.45) is 0 Å². The smallest absolute Gasteiger partial charge is 0.233 e. The summed E-state index contributed by atoms with van der Waals surface area (Å²) in [7, 11) is 1.65. The van der Waals surface area contributed by atoms with Gasteiger partial charge in [-0.05, 0) is 37.5 Å². The minimum atomic E-state index is 0.161. The number of ether oxygens (including phenoxy) is 2. The van der Waals surface area contributed by atoms with Crippen LogP contribution in [0, 0.1) is 0 Å². The van der Waals surface area contributed by atoms with Crippen molar-refractivity contribution in [1.29, 1.82) is 0 Å². The maximum atomic E-state index is 12.6. The number of anilines is 1. The van der Waals surface area contributed by atoms with Gasteiger partial charge in [0.25, 0.3) is 0 Å². The molecular formula is C21H26N4O3S. The number of hydrogen-bond donors (Lipinski definition) is 0. The van der Waals surface area contributed by atoms with Crippen molar-refractivity contribution in [2.45, 2.75) is 30.3 Å². The van der Waals surface area contributed by atoms with Crippen LogP contribution in [0.1, 0.15) is 19.3 Å². The van der Waals surface area contributed by atoms with E-state index < -0.39 is 0 Å². The van der Waals surface area contributed by atoms with E-state index in [1.54, 1.807) is 25.2 Å². The van der Waals surface area contributed by atoms with Crippen molar-refractivity contribution >= 4 is 23.5 Å². The van der Waals surface area contributed by atoms with Crippen LogP contribution in [0.4, 0.5) is 5.82 Å². The first-order valence-electron chi connectivity index (χ1n) is 9.99. The fourth-order valence-corrected chi connectivity index (χ4v) is 4.19. The van der Waals surface area contributed by atoms with Gasteiger partial charge in [-0.2, -0.15) is 0 Å². The molecule has 2 fully saturated rings. The van der Waals surface area contributed by atoms with Gasteiger partial charge in [0.15, 0.2) is 0 Å². The number of amides is 1. The molecule has 8 heteroatoms. The highest BCUT2D eigenvalue weighted by Crippen LogP contribution is 2.26. The number of thioether (sulfide) groups is 1. The Balaban J connectivity index is 1.26. The molecule has 1 amide bonds. The predicted octanol–water partition coefficient (Wildman–Crippen LogP) is 2.86. The van der Waals surface area contributed by atoms with Gasteiger partial charge in [-0.15, -0.1) is 11.8 Å². The van der Waals surface area contributed by atoms with Crippen LogP contribution in [0.25, 0.3) is 0 Å². The van der Waals surface area contributed by atoms with Crippen molar-refractivity contribution in [3.63, 3.8) is 0 Å². The van der Waals surface area contributed by atoms with Crippen molar-refractivity contribution in [3.8, 4) is 11.6 Å². The topological polar surface area (TPSA) is 67.8 Å². The fourth-order valence-electron chi connectivity index (χ4n) is 3.34. The van der Waals surface area contributed by atoms with E-state index in [9.17, 15) is 4.79 Å². The lowest BCUT2D eigenvalue weighted by atomic mass is 9.96. The van der Waals surface area contributed by atoms with Crippen molar-refractivity contribution in [2.75, 3.05) is 43.9 Å². The van der Waals surface area contributed by atoms with Crippen LogP contribution < -0.4 is 14.4 Å². The van der Waals surface area contributed by atoms with Crippen molar-refractivity contribution in [1.82, 2.24) is 14.9 Å². The molecule has 0 spiro atoms. The summed E-state index contributed by atoms with van der Waals surface area (Å²) in [6.45, 7) is 2.91. The molecule has 1 aliphatic carbocycles. The lowest BCUT2D eigenvalue weighted by Gasteiger charge is -2.35. The summed E-state index contributed by atoms with van der Waals surface area (Å²) in [5.41, 5.74) is 0. The van der Waals surface area contributed by atoms with Crippen LogP contribution >= 0.6 is 11.8 Å². The minimum Gasteiger partial charge on any atom is -0.497 e. The van der Waals surface area contributed by atoms with Gasteiger partial charge in [-0.3, -0.25) is 4.79 Å². The summed E-state index contributed by atoms with van der Waals surface area (Å²) < 4.78 is 11.1. The highest BCUT2D eigenvalue weighted by Gasteiger charge is 2.23. The molecule has 29 heavy (non-hydrogen) atoms. The second kappa shape index (κ2) is 9.35. The molecule has 0 atom stereocenters. The van der Waals surface area contributed by atoms with Gasteiger partial charge in [0.1, 0.15) is 24.0 Å². The molecule has 2 aromatic rings. The number of nitrogens with zero attached hydrogens (tertiary/aromatic N) is 4. The van der Waals surface area contributed by atoms with E-state index in [0.29, 0.717) is 30.8 Å². The van der Waals surface area contributed by atoms with Gasteiger partial charge >= 0.3 is 0 Å². The van der Waals surface area contributed by atoms with Crippen LogP contribution in [0.3, 0.4) is 0 Å². The number of methoxy groups -OCH3 is 1. The maximum absolute atomic E-state index is 12.6. The quantitative estimate of drug-likeness (QED) is 0.646. The number of piperazine rings is 1. The molecule has 1 saturated heterocycles. The molecule has 0 bridgehead atoms. The van der Waals surface area contributed by atoms with E-state index in [2.05, 4.69) is 14.9 Å². The first-order chi connectivity index (χ1) is 14.2. The number of carbonyl (C=O) groups is 1. The second-order valence-corrected chi connectivity index (χ2v) is 8.27. The third-order valence-corrected chi connectivity index (χ3v) is 6.31. The molecule has 7 nitrogen and oxygen atoms in total. The van der Waals surface area contributed by atoms with Crippen molar-refractivity contribution in [3.05, 3.63) is 36.7 Å². The molecule has 0 N–H and O–H groups in total. The highest BCUT2D eigenvalue weighted by atomic mass is 32.2. The Hall–Kier alpha value is -2.48. The molecule has 0 radical (unpaired) electrons. The molecule has 1 aliphatic heterocycles. The zero-order valence-electron chi connectivity index (χ0n) is 16.6.